The van der Waals surface area contributed by atoms with E-state index in [4.69, 9.17) is 10.5 Å². The number of amides is 1. The number of hydrogen-bond donors (Lipinski definition) is 2. The first kappa shape index (κ1) is 15.0. The summed E-state index contributed by atoms with van der Waals surface area (Å²) in [6, 6.07) is 10.7. The summed E-state index contributed by atoms with van der Waals surface area (Å²) in [6.07, 6.45) is 2.49. The lowest BCUT2D eigenvalue weighted by Gasteiger charge is -2.12. The van der Waals surface area contributed by atoms with Crippen molar-refractivity contribution in [1.82, 2.24) is 4.98 Å². The fraction of sp³-hybridized carbons (Fsp3) is 0.250. The van der Waals surface area contributed by atoms with Gasteiger partial charge in [-0.3, -0.25) is 9.78 Å². The van der Waals surface area contributed by atoms with Crippen LogP contribution in [0.4, 0.5) is 5.69 Å². The van der Waals surface area contributed by atoms with Crippen molar-refractivity contribution in [2.45, 2.75) is 19.9 Å². The molecule has 2 rings (SSSR count). The van der Waals surface area contributed by atoms with Crippen LogP contribution in [0.15, 0.2) is 42.6 Å². The molecule has 1 aromatic heterocycles. The van der Waals surface area contributed by atoms with E-state index >= 15 is 0 Å². The van der Waals surface area contributed by atoms with E-state index in [0.29, 0.717) is 35.8 Å². The van der Waals surface area contributed by atoms with Crippen molar-refractivity contribution in [1.29, 1.82) is 0 Å². The van der Waals surface area contributed by atoms with Crippen molar-refractivity contribution in [3.63, 3.8) is 0 Å². The number of para-hydroxylation sites is 2. The van der Waals surface area contributed by atoms with Crippen LogP contribution < -0.4 is 15.8 Å². The molecule has 0 atom stereocenters. The van der Waals surface area contributed by atoms with E-state index in [2.05, 4.69) is 10.3 Å². The van der Waals surface area contributed by atoms with E-state index in [0.717, 1.165) is 6.42 Å². The summed E-state index contributed by atoms with van der Waals surface area (Å²) in [5, 5.41) is 2.85. The molecule has 0 aliphatic rings. The Balaban J connectivity index is 2.15. The first-order chi connectivity index (χ1) is 10.2. The normalized spacial score (nSPS) is 10.2. The average molecular weight is 285 g/mol. The number of benzene rings is 1. The van der Waals surface area contributed by atoms with Gasteiger partial charge < -0.3 is 15.8 Å². The molecule has 0 unspecified atom stereocenters. The SMILES string of the molecule is CCCOc1ccccc1NC(=O)c1ccnc(CN)c1. The second-order valence-corrected chi connectivity index (χ2v) is 4.54. The lowest BCUT2D eigenvalue weighted by atomic mass is 10.2. The summed E-state index contributed by atoms with van der Waals surface area (Å²) in [5.74, 6) is 0.459. The summed E-state index contributed by atoms with van der Waals surface area (Å²) in [7, 11) is 0. The second-order valence-electron chi connectivity index (χ2n) is 4.54. The number of nitrogens with one attached hydrogen (secondary N) is 1. The van der Waals surface area contributed by atoms with Crippen LogP contribution in [-0.4, -0.2) is 17.5 Å². The number of pyridine rings is 1. The molecule has 1 heterocycles. The molecule has 0 fully saturated rings. The molecule has 3 N–H and O–H groups in total. The van der Waals surface area contributed by atoms with Crippen LogP contribution in [-0.2, 0) is 6.54 Å². The lowest BCUT2D eigenvalue weighted by molar-refractivity contribution is 0.102. The zero-order valence-corrected chi connectivity index (χ0v) is 12.0. The third-order valence-electron chi connectivity index (χ3n) is 2.88. The van der Waals surface area contributed by atoms with Gasteiger partial charge in [-0.25, -0.2) is 0 Å². The summed E-state index contributed by atoms with van der Waals surface area (Å²) < 4.78 is 5.62. The molecule has 0 bridgehead atoms. The molecule has 1 amide bonds. The quantitative estimate of drug-likeness (QED) is 0.855. The van der Waals surface area contributed by atoms with Crippen LogP contribution >= 0.6 is 0 Å². The van der Waals surface area contributed by atoms with Crippen LogP contribution in [0, 0.1) is 0 Å². The van der Waals surface area contributed by atoms with E-state index in [-0.39, 0.29) is 5.91 Å². The molecule has 0 saturated carbocycles. The van der Waals surface area contributed by atoms with Gasteiger partial charge in [-0.2, -0.15) is 0 Å². The number of ether oxygens (including phenoxy) is 1. The lowest BCUT2D eigenvalue weighted by Crippen LogP contribution is -2.14. The van der Waals surface area contributed by atoms with Crippen LogP contribution in [0.25, 0.3) is 0 Å². The highest BCUT2D eigenvalue weighted by molar-refractivity contribution is 6.05. The fourth-order valence-corrected chi connectivity index (χ4v) is 1.83. The van der Waals surface area contributed by atoms with Gasteiger partial charge in [-0.15, -0.1) is 0 Å². The third kappa shape index (κ3) is 4.03. The maximum absolute atomic E-state index is 12.3. The van der Waals surface area contributed by atoms with Crippen molar-refractivity contribution in [3.05, 3.63) is 53.9 Å². The molecule has 1 aromatic carbocycles. The second kappa shape index (κ2) is 7.40. The molecule has 0 aliphatic heterocycles. The predicted molar refractivity (Wildman–Crippen MR) is 82.3 cm³/mol. The highest BCUT2D eigenvalue weighted by Crippen LogP contribution is 2.24. The van der Waals surface area contributed by atoms with Crippen molar-refractivity contribution >= 4 is 11.6 Å². The Morgan fingerprint density at radius 3 is 2.90 bits per heavy atom. The van der Waals surface area contributed by atoms with Gasteiger partial charge in [-0.1, -0.05) is 19.1 Å². The highest BCUT2D eigenvalue weighted by Gasteiger charge is 2.10. The van der Waals surface area contributed by atoms with E-state index in [1.807, 2.05) is 31.2 Å². The summed E-state index contributed by atoms with van der Waals surface area (Å²) in [4.78, 5) is 16.3. The first-order valence-electron chi connectivity index (χ1n) is 6.92. The van der Waals surface area contributed by atoms with Crippen LogP contribution in [0.5, 0.6) is 5.75 Å². The maximum atomic E-state index is 12.3. The molecular formula is C16H19N3O2. The van der Waals surface area contributed by atoms with Gasteiger partial charge in [0.2, 0.25) is 0 Å². The first-order valence-corrected chi connectivity index (χ1v) is 6.92. The number of rotatable bonds is 6. The molecular weight excluding hydrogens is 266 g/mol. The average Bonchev–Trinajstić information content (AvgIpc) is 2.54. The summed E-state index contributed by atoms with van der Waals surface area (Å²) in [5.41, 5.74) is 7.39. The van der Waals surface area contributed by atoms with Gasteiger partial charge in [-0.05, 0) is 30.7 Å². The summed E-state index contributed by atoms with van der Waals surface area (Å²) in [6.45, 7) is 2.95. The van der Waals surface area contributed by atoms with Gasteiger partial charge in [0.05, 0.1) is 18.0 Å². The number of carbonyl (C=O) groups is 1. The Morgan fingerprint density at radius 2 is 2.14 bits per heavy atom. The number of nitrogens with zero attached hydrogens (tertiary/aromatic N) is 1. The van der Waals surface area contributed by atoms with Gasteiger partial charge >= 0.3 is 0 Å². The largest absolute Gasteiger partial charge is 0.491 e. The molecule has 110 valence electrons. The minimum absolute atomic E-state index is 0.209. The molecule has 5 heteroatoms. The van der Waals surface area contributed by atoms with Crippen molar-refractivity contribution in [2.24, 2.45) is 5.73 Å². The number of carbonyl (C=O) groups excluding carboxylic acids is 1. The molecule has 0 saturated heterocycles. The van der Waals surface area contributed by atoms with E-state index in [9.17, 15) is 4.79 Å². The number of aromatic nitrogens is 1. The molecule has 21 heavy (non-hydrogen) atoms. The molecule has 0 aliphatic carbocycles. The summed E-state index contributed by atoms with van der Waals surface area (Å²) >= 11 is 0. The Hall–Kier alpha value is -2.40. The minimum Gasteiger partial charge on any atom is -0.491 e. The molecule has 0 spiro atoms. The Labute approximate surface area is 124 Å². The fourth-order valence-electron chi connectivity index (χ4n) is 1.83. The highest BCUT2D eigenvalue weighted by atomic mass is 16.5. The van der Waals surface area contributed by atoms with Gasteiger partial charge in [0, 0.05) is 18.3 Å². The Bertz CT molecular complexity index is 614. The standard InChI is InChI=1S/C16H19N3O2/c1-2-9-21-15-6-4-3-5-14(15)19-16(20)12-7-8-18-13(10-12)11-17/h3-8,10H,2,9,11,17H2,1H3,(H,19,20). The number of nitrogens with two attached hydrogens (primary N) is 1. The monoisotopic (exact) mass is 285 g/mol. The van der Waals surface area contributed by atoms with Gasteiger partial charge in [0.1, 0.15) is 5.75 Å². The maximum Gasteiger partial charge on any atom is 0.255 e. The van der Waals surface area contributed by atoms with Crippen LogP contribution in [0.1, 0.15) is 29.4 Å². The van der Waals surface area contributed by atoms with E-state index < -0.39 is 0 Å². The van der Waals surface area contributed by atoms with Crippen molar-refractivity contribution in [3.8, 4) is 5.75 Å². The zero-order valence-electron chi connectivity index (χ0n) is 12.0. The van der Waals surface area contributed by atoms with Gasteiger partial charge in [0.15, 0.2) is 0 Å². The van der Waals surface area contributed by atoms with Crippen LogP contribution in [0.2, 0.25) is 0 Å². The third-order valence-corrected chi connectivity index (χ3v) is 2.88. The smallest absolute Gasteiger partial charge is 0.255 e. The molecule has 2 aromatic rings. The minimum atomic E-state index is -0.209. The van der Waals surface area contributed by atoms with Crippen molar-refractivity contribution < 1.29 is 9.53 Å². The van der Waals surface area contributed by atoms with Gasteiger partial charge in [0.25, 0.3) is 5.91 Å². The zero-order chi connectivity index (χ0) is 15.1. The predicted octanol–water partition coefficient (Wildman–Crippen LogP) is 2.58. The topological polar surface area (TPSA) is 77.2 Å². The Morgan fingerprint density at radius 1 is 1.33 bits per heavy atom. The number of anilines is 1. The van der Waals surface area contributed by atoms with E-state index in [1.54, 1.807) is 18.3 Å². The van der Waals surface area contributed by atoms with E-state index in [1.165, 1.54) is 0 Å². The molecule has 5 nitrogen and oxygen atoms in total. The number of hydrogen-bond acceptors (Lipinski definition) is 4. The van der Waals surface area contributed by atoms with Crippen LogP contribution in [0.3, 0.4) is 0 Å². The molecule has 0 radical (unpaired) electrons. The van der Waals surface area contributed by atoms with Crippen molar-refractivity contribution in [2.75, 3.05) is 11.9 Å². The Kier molecular flexibility index (Phi) is 5.29.